The third kappa shape index (κ3) is 4.69. The van der Waals surface area contributed by atoms with Crippen LogP contribution in [-0.2, 0) is 4.79 Å². The second-order valence-corrected chi connectivity index (χ2v) is 7.07. The molecule has 0 heterocycles. The summed E-state index contributed by atoms with van der Waals surface area (Å²) in [5.74, 6) is 1.21. The molecule has 1 saturated carbocycles. The fourth-order valence-electron chi connectivity index (χ4n) is 2.98. The number of likely N-dealkylation sites (N-methyl/N-ethyl adjacent to an activating group) is 1. The van der Waals surface area contributed by atoms with E-state index in [1.54, 1.807) is 6.92 Å². The molecule has 1 aliphatic carbocycles. The predicted molar refractivity (Wildman–Crippen MR) is 74.5 cm³/mol. The van der Waals surface area contributed by atoms with Crippen LogP contribution in [0.1, 0.15) is 47.0 Å². The van der Waals surface area contributed by atoms with Crippen molar-refractivity contribution in [2.75, 3.05) is 20.1 Å². The second kappa shape index (κ2) is 6.16. The van der Waals surface area contributed by atoms with E-state index in [9.17, 15) is 9.90 Å². The third-order valence-electron chi connectivity index (χ3n) is 4.10. The molecule has 1 aliphatic rings. The van der Waals surface area contributed by atoms with E-state index in [1.165, 1.54) is 0 Å². The van der Waals surface area contributed by atoms with Crippen LogP contribution in [0.15, 0.2) is 0 Å². The molecule has 1 fully saturated rings. The zero-order valence-electron chi connectivity index (χ0n) is 12.6. The maximum Gasteiger partial charge on any atom is 0.137 e. The van der Waals surface area contributed by atoms with Gasteiger partial charge in [0.25, 0.3) is 0 Å². The molecule has 1 rings (SSSR count). The van der Waals surface area contributed by atoms with Crippen LogP contribution in [0.3, 0.4) is 0 Å². The van der Waals surface area contributed by atoms with E-state index in [-0.39, 0.29) is 12.0 Å². The molecule has 0 aromatic heterocycles. The summed E-state index contributed by atoms with van der Waals surface area (Å²) in [6, 6.07) is 0. The highest BCUT2D eigenvalue weighted by Crippen LogP contribution is 2.39. The summed E-state index contributed by atoms with van der Waals surface area (Å²) in [4.78, 5) is 14.1. The summed E-state index contributed by atoms with van der Waals surface area (Å²) >= 11 is 0. The van der Waals surface area contributed by atoms with E-state index in [0.717, 1.165) is 25.8 Å². The highest BCUT2D eigenvalue weighted by Gasteiger charge is 2.35. The smallest absolute Gasteiger partial charge is 0.137 e. The summed E-state index contributed by atoms with van der Waals surface area (Å²) in [6.45, 7) is 10.0. The van der Waals surface area contributed by atoms with Crippen molar-refractivity contribution >= 4 is 5.78 Å². The lowest BCUT2D eigenvalue weighted by atomic mass is 9.68. The minimum atomic E-state index is -0.327. The van der Waals surface area contributed by atoms with E-state index >= 15 is 0 Å². The first-order chi connectivity index (χ1) is 8.20. The normalized spacial score (nSPS) is 27.6. The molecule has 18 heavy (non-hydrogen) atoms. The molecule has 0 radical (unpaired) electrons. The van der Waals surface area contributed by atoms with Gasteiger partial charge in [0.15, 0.2) is 0 Å². The molecular weight excluding hydrogens is 226 g/mol. The Labute approximate surface area is 112 Å². The number of Topliss-reactive ketones (excluding diaryl/α,β-unsaturated/α-hetero) is 1. The maximum absolute atomic E-state index is 12.0. The Morgan fingerprint density at radius 3 is 2.56 bits per heavy atom. The van der Waals surface area contributed by atoms with Gasteiger partial charge < -0.3 is 10.0 Å². The Bertz CT molecular complexity index is 281. The second-order valence-electron chi connectivity index (χ2n) is 7.07. The Balaban J connectivity index is 2.55. The molecule has 0 spiro atoms. The Hall–Kier alpha value is -0.410. The molecule has 3 heteroatoms. The topological polar surface area (TPSA) is 40.5 Å². The molecular formula is C15H29NO2. The number of hydrogen-bond acceptors (Lipinski definition) is 3. The minimum absolute atomic E-state index is 0.159. The van der Waals surface area contributed by atoms with Crippen molar-refractivity contribution in [2.45, 2.75) is 53.1 Å². The standard InChI is InChI=1S/C15H29NO2/c1-11(17)9-16(5)10-12-8-13(15(2,3)4)6-7-14(12)18/h11-13,17H,6-10H2,1-5H3. The van der Waals surface area contributed by atoms with Crippen LogP contribution < -0.4 is 0 Å². The third-order valence-corrected chi connectivity index (χ3v) is 4.10. The Kier molecular flexibility index (Phi) is 5.35. The van der Waals surface area contributed by atoms with Gasteiger partial charge in [-0.05, 0) is 38.1 Å². The number of aliphatic hydroxyl groups excluding tert-OH is 1. The summed E-state index contributed by atoms with van der Waals surface area (Å²) in [7, 11) is 1.99. The first-order valence-electron chi connectivity index (χ1n) is 7.09. The largest absolute Gasteiger partial charge is 0.392 e. The monoisotopic (exact) mass is 255 g/mol. The molecule has 0 bridgehead atoms. The number of carbonyl (C=O) groups excluding carboxylic acids is 1. The molecule has 106 valence electrons. The lowest BCUT2D eigenvalue weighted by Crippen LogP contribution is -2.39. The lowest BCUT2D eigenvalue weighted by Gasteiger charge is -2.38. The first-order valence-corrected chi connectivity index (χ1v) is 7.09. The average molecular weight is 255 g/mol. The van der Waals surface area contributed by atoms with E-state index in [1.807, 2.05) is 7.05 Å². The number of aliphatic hydroxyl groups is 1. The quantitative estimate of drug-likeness (QED) is 0.838. The van der Waals surface area contributed by atoms with E-state index in [2.05, 4.69) is 25.7 Å². The van der Waals surface area contributed by atoms with Crippen LogP contribution in [0, 0.1) is 17.3 Å². The van der Waals surface area contributed by atoms with Gasteiger partial charge in [0.05, 0.1) is 6.10 Å². The Morgan fingerprint density at radius 1 is 1.44 bits per heavy atom. The van der Waals surface area contributed by atoms with Crippen molar-refractivity contribution in [2.24, 2.45) is 17.3 Å². The number of ketones is 1. The van der Waals surface area contributed by atoms with Crippen LogP contribution in [0.25, 0.3) is 0 Å². The molecule has 0 saturated heterocycles. The number of hydrogen-bond donors (Lipinski definition) is 1. The summed E-state index contributed by atoms with van der Waals surface area (Å²) < 4.78 is 0. The van der Waals surface area contributed by atoms with Gasteiger partial charge in [-0.15, -0.1) is 0 Å². The lowest BCUT2D eigenvalue weighted by molar-refractivity contribution is -0.127. The zero-order valence-corrected chi connectivity index (χ0v) is 12.6. The fraction of sp³-hybridized carbons (Fsp3) is 0.933. The maximum atomic E-state index is 12.0. The zero-order chi connectivity index (χ0) is 13.9. The fourth-order valence-corrected chi connectivity index (χ4v) is 2.98. The van der Waals surface area contributed by atoms with Gasteiger partial charge in [-0.1, -0.05) is 20.8 Å². The van der Waals surface area contributed by atoms with Crippen molar-refractivity contribution in [3.8, 4) is 0 Å². The molecule has 3 unspecified atom stereocenters. The van der Waals surface area contributed by atoms with Gasteiger partial charge in [0.2, 0.25) is 0 Å². The van der Waals surface area contributed by atoms with Crippen LogP contribution in [0.5, 0.6) is 0 Å². The van der Waals surface area contributed by atoms with Gasteiger partial charge in [0, 0.05) is 25.4 Å². The van der Waals surface area contributed by atoms with Crippen LogP contribution in [0.2, 0.25) is 0 Å². The van der Waals surface area contributed by atoms with Gasteiger partial charge in [-0.3, -0.25) is 4.79 Å². The van der Waals surface area contributed by atoms with Gasteiger partial charge in [0.1, 0.15) is 5.78 Å². The minimum Gasteiger partial charge on any atom is -0.392 e. The molecule has 0 aromatic rings. The van der Waals surface area contributed by atoms with Gasteiger partial charge in [-0.2, -0.15) is 0 Å². The number of carbonyl (C=O) groups is 1. The molecule has 0 aliphatic heterocycles. The van der Waals surface area contributed by atoms with Crippen molar-refractivity contribution in [1.29, 1.82) is 0 Å². The van der Waals surface area contributed by atoms with Crippen molar-refractivity contribution < 1.29 is 9.90 Å². The van der Waals surface area contributed by atoms with E-state index in [4.69, 9.17) is 0 Å². The Morgan fingerprint density at radius 2 is 2.06 bits per heavy atom. The van der Waals surface area contributed by atoms with Crippen LogP contribution in [-0.4, -0.2) is 42.0 Å². The molecule has 3 nitrogen and oxygen atoms in total. The van der Waals surface area contributed by atoms with E-state index < -0.39 is 0 Å². The molecule has 0 amide bonds. The van der Waals surface area contributed by atoms with E-state index in [0.29, 0.717) is 23.7 Å². The van der Waals surface area contributed by atoms with Crippen LogP contribution in [0.4, 0.5) is 0 Å². The molecule has 0 aromatic carbocycles. The highest BCUT2D eigenvalue weighted by atomic mass is 16.3. The SMILES string of the molecule is CC(O)CN(C)CC1CC(C(C)(C)C)CCC1=O. The summed E-state index contributed by atoms with van der Waals surface area (Å²) in [5, 5.41) is 9.37. The van der Waals surface area contributed by atoms with Crippen molar-refractivity contribution in [3.63, 3.8) is 0 Å². The number of rotatable bonds is 4. The highest BCUT2D eigenvalue weighted by molar-refractivity contribution is 5.82. The summed E-state index contributed by atoms with van der Waals surface area (Å²) in [5.41, 5.74) is 0.293. The molecule has 3 atom stereocenters. The van der Waals surface area contributed by atoms with Crippen LogP contribution >= 0.6 is 0 Å². The van der Waals surface area contributed by atoms with Gasteiger partial charge in [-0.25, -0.2) is 0 Å². The van der Waals surface area contributed by atoms with Crippen molar-refractivity contribution in [3.05, 3.63) is 0 Å². The number of nitrogens with zero attached hydrogens (tertiary/aromatic N) is 1. The average Bonchev–Trinajstić information content (AvgIpc) is 2.18. The van der Waals surface area contributed by atoms with Crippen molar-refractivity contribution in [1.82, 2.24) is 4.90 Å². The predicted octanol–water partition coefficient (Wildman–Crippen LogP) is 2.33. The van der Waals surface area contributed by atoms with Gasteiger partial charge >= 0.3 is 0 Å². The molecule has 1 N–H and O–H groups in total. The first kappa shape index (κ1) is 15.6. The summed E-state index contributed by atoms with van der Waals surface area (Å²) in [6.07, 6.45) is 2.45.